The molecule has 25 heavy (non-hydrogen) atoms. The average Bonchev–Trinajstić information content (AvgIpc) is 3.04. The highest BCUT2D eigenvalue weighted by Crippen LogP contribution is 2.22. The number of morpholine rings is 1. The van der Waals surface area contributed by atoms with Gasteiger partial charge in [-0.3, -0.25) is 14.4 Å². The van der Waals surface area contributed by atoms with Gasteiger partial charge in [0.2, 0.25) is 11.8 Å². The van der Waals surface area contributed by atoms with Crippen LogP contribution in [-0.4, -0.2) is 55.0 Å². The molecule has 0 bridgehead atoms. The van der Waals surface area contributed by atoms with Gasteiger partial charge in [-0.05, 0) is 18.4 Å². The first-order chi connectivity index (χ1) is 12.1. The highest BCUT2D eigenvalue weighted by molar-refractivity contribution is 5.86. The SMILES string of the molecule is O=C1COC(C(=O)NCCCN2CCCC2=O)C(c2ccccc2)N1. The molecule has 7 heteroatoms. The number of rotatable bonds is 6. The Labute approximate surface area is 146 Å². The van der Waals surface area contributed by atoms with E-state index in [4.69, 9.17) is 4.74 Å². The molecule has 2 aliphatic rings. The lowest BCUT2D eigenvalue weighted by Gasteiger charge is -2.31. The van der Waals surface area contributed by atoms with Crippen LogP contribution in [0, 0.1) is 0 Å². The van der Waals surface area contributed by atoms with E-state index in [0.29, 0.717) is 25.9 Å². The monoisotopic (exact) mass is 345 g/mol. The van der Waals surface area contributed by atoms with Crippen molar-refractivity contribution in [3.8, 4) is 0 Å². The molecule has 2 atom stereocenters. The zero-order chi connectivity index (χ0) is 17.6. The third kappa shape index (κ3) is 4.36. The Morgan fingerprint density at radius 1 is 1.28 bits per heavy atom. The van der Waals surface area contributed by atoms with Crippen molar-refractivity contribution in [1.82, 2.24) is 15.5 Å². The molecule has 0 radical (unpaired) electrons. The van der Waals surface area contributed by atoms with Crippen molar-refractivity contribution in [2.45, 2.75) is 31.4 Å². The van der Waals surface area contributed by atoms with Crippen LogP contribution in [0.25, 0.3) is 0 Å². The summed E-state index contributed by atoms with van der Waals surface area (Å²) < 4.78 is 5.48. The van der Waals surface area contributed by atoms with Crippen molar-refractivity contribution >= 4 is 17.7 Å². The van der Waals surface area contributed by atoms with Gasteiger partial charge in [-0.15, -0.1) is 0 Å². The highest BCUT2D eigenvalue weighted by atomic mass is 16.5. The van der Waals surface area contributed by atoms with E-state index in [1.807, 2.05) is 35.2 Å². The summed E-state index contributed by atoms with van der Waals surface area (Å²) in [7, 11) is 0. The summed E-state index contributed by atoms with van der Waals surface area (Å²) in [4.78, 5) is 37.5. The Balaban J connectivity index is 1.52. The minimum absolute atomic E-state index is 0.121. The van der Waals surface area contributed by atoms with Crippen LogP contribution in [0.15, 0.2) is 30.3 Å². The first-order valence-electron chi connectivity index (χ1n) is 8.66. The zero-order valence-electron chi connectivity index (χ0n) is 14.1. The van der Waals surface area contributed by atoms with Crippen molar-refractivity contribution < 1.29 is 19.1 Å². The fourth-order valence-electron chi connectivity index (χ4n) is 3.22. The highest BCUT2D eigenvalue weighted by Gasteiger charge is 2.35. The van der Waals surface area contributed by atoms with Crippen molar-refractivity contribution in [2.75, 3.05) is 26.2 Å². The van der Waals surface area contributed by atoms with Gasteiger partial charge in [-0.25, -0.2) is 0 Å². The third-order valence-electron chi connectivity index (χ3n) is 4.51. The first kappa shape index (κ1) is 17.4. The molecule has 2 fully saturated rings. The summed E-state index contributed by atoms with van der Waals surface area (Å²) in [5, 5.41) is 5.68. The van der Waals surface area contributed by atoms with Crippen LogP contribution < -0.4 is 10.6 Å². The Morgan fingerprint density at radius 3 is 2.80 bits per heavy atom. The van der Waals surface area contributed by atoms with E-state index in [9.17, 15) is 14.4 Å². The summed E-state index contributed by atoms with van der Waals surface area (Å²) in [6.45, 7) is 1.81. The second kappa shape index (κ2) is 8.11. The summed E-state index contributed by atoms with van der Waals surface area (Å²) in [6, 6.07) is 8.82. The number of nitrogens with one attached hydrogen (secondary N) is 2. The molecule has 2 saturated heterocycles. The van der Waals surface area contributed by atoms with Gasteiger partial charge in [0.15, 0.2) is 6.10 Å². The molecule has 0 saturated carbocycles. The normalized spacial score (nSPS) is 23.4. The fraction of sp³-hybridized carbons (Fsp3) is 0.500. The quantitative estimate of drug-likeness (QED) is 0.729. The van der Waals surface area contributed by atoms with Crippen molar-refractivity contribution in [2.24, 2.45) is 0 Å². The van der Waals surface area contributed by atoms with Crippen LogP contribution in [0.1, 0.15) is 30.9 Å². The maximum atomic E-state index is 12.5. The summed E-state index contributed by atoms with van der Waals surface area (Å²) in [6.07, 6.45) is 1.49. The maximum absolute atomic E-state index is 12.5. The molecule has 0 aliphatic carbocycles. The van der Waals surface area contributed by atoms with Gasteiger partial charge in [0.25, 0.3) is 5.91 Å². The Hall–Kier alpha value is -2.41. The zero-order valence-corrected chi connectivity index (χ0v) is 14.1. The van der Waals surface area contributed by atoms with Gasteiger partial charge in [-0.1, -0.05) is 30.3 Å². The van der Waals surface area contributed by atoms with Gasteiger partial charge in [0.05, 0.1) is 6.04 Å². The second-order valence-electron chi connectivity index (χ2n) is 6.32. The van der Waals surface area contributed by atoms with E-state index in [2.05, 4.69) is 10.6 Å². The van der Waals surface area contributed by atoms with Gasteiger partial charge in [0, 0.05) is 26.1 Å². The molecule has 1 aromatic rings. The number of carbonyl (C=O) groups excluding carboxylic acids is 3. The van der Waals surface area contributed by atoms with Crippen molar-refractivity contribution in [3.63, 3.8) is 0 Å². The van der Waals surface area contributed by atoms with E-state index < -0.39 is 12.1 Å². The predicted molar refractivity (Wildman–Crippen MR) is 90.5 cm³/mol. The van der Waals surface area contributed by atoms with Gasteiger partial charge in [-0.2, -0.15) is 0 Å². The van der Waals surface area contributed by atoms with E-state index in [1.165, 1.54) is 0 Å². The van der Waals surface area contributed by atoms with Crippen molar-refractivity contribution in [3.05, 3.63) is 35.9 Å². The predicted octanol–water partition coefficient (Wildman–Crippen LogP) is 0.371. The number of nitrogens with zero attached hydrogens (tertiary/aromatic N) is 1. The minimum Gasteiger partial charge on any atom is -0.356 e. The number of benzene rings is 1. The number of hydrogen-bond donors (Lipinski definition) is 2. The lowest BCUT2D eigenvalue weighted by atomic mass is 9.99. The maximum Gasteiger partial charge on any atom is 0.251 e. The Bertz CT molecular complexity index is 634. The smallest absolute Gasteiger partial charge is 0.251 e. The van der Waals surface area contributed by atoms with Crippen LogP contribution in [0.3, 0.4) is 0 Å². The van der Waals surface area contributed by atoms with Gasteiger partial charge in [0.1, 0.15) is 6.61 Å². The summed E-state index contributed by atoms with van der Waals surface area (Å²) in [5.41, 5.74) is 0.832. The average molecular weight is 345 g/mol. The number of likely N-dealkylation sites (tertiary alicyclic amines) is 1. The molecule has 0 spiro atoms. The third-order valence-corrected chi connectivity index (χ3v) is 4.51. The largest absolute Gasteiger partial charge is 0.356 e. The van der Waals surface area contributed by atoms with Crippen LogP contribution in [0.2, 0.25) is 0 Å². The molecule has 3 amide bonds. The number of hydrogen-bond acceptors (Lipinski definition) is 4. The molecule has 0 aromatic heterocycles. The van der Waals surface area contributed by atoms with Crippen molar-refractivity contribution in [1.29, 1.82) is 0 Å². The molecular formula is C18H23N3O4. The topological polar surface area (TPSA) is 87.7 Å². The molecule has 2 aliphatic heterocycles. The van der Waals surface area contributed by atoms with E-state index in [-0.39, 0.29) is 24.3 Å². The summed E-state index contributed by atoms with van der Waals surface area (Å²) in [5.74, 6) is -0.291. The van der Waals surface area contributed by atoms with Crippen LogP contribution >= 0.6 is 0 Å². The van der Waals surface area contributed by atoms with Gasteiger partial charge >= 0.3 is 0 Å². The molecule has 2 heterocycles. The van der Waals surface area contributed by atoms with E-state index >= 15 is 0 Å². The molecule has 2 unspecified atom stereocenters. The molecule has 134 valence electrons. The lowest BCUT2D eigenvalue weighted by molar-refractivity contribution is -0.148. The Morgan fingerprint density at radius 2 is 2.08 bits per heavy atom. The number of amides is 3. The van der Waals surface area contributed by atoms with Crippen LogP contribution in [0.4, 0.5) is 0 Å². The molecular weight excluding hydrogens is 322 g/mol. The van der Waals surface area contributed by atoms with E-state index in [1.54, 1.807) is 0 Å². The molecule has 3 rings (SSSR count). The van der Waals surface area contributed by atoms with E-state index in [0.717, 1.165) is 18.5 Å². The Kier molecular flexibility index (Phi) is 5.65. The fourth-order valence-corrected chi connectivity index (χ4v) is 3.22. The molecule has 2 N–H and O–H groups in total. The van der Waals surface area contributed by atoms with Crippen LogP contribution in [-0.2, 0) is 19.1 Å². The summed E-state index contributed by atoms with van der Waals surface area (Å²) >= 11 is 0. The minimum atomic E-state index is -0.756. The number of carbonyl (C=O) groups is 3. The number of ether oxygens (including phenoxy) is 1. The van der Waals surface area contributed by atoms with Crippen LogP contribution in [0.5, 0.6) is 0 Å². The van der Waals surface area contributed by atoms with Gasteiger partial charge < -0.3 is 20.3 Å². The second-order valence-corrected chi connectivity index (χ2v) is 6.32. The molecule has 1 aromatic carbocycles. The lowest BCUT2D eigenvalue weighted by Crippen LogP contribution is -2.52. The first-order valence-corrected chi connectivity index (χ1v) is 8.66. The molecule has 7 nitrogen and oxygen atoms in total. The standard InChI is InChI=1S/C18H23N3O4/c22-14-12-25-17(16(20-14)13-6-2-1-3-7-13)18(24)19-9-5-11-21-10-4-8-15(21)23/h1-3,6-7,16-17H,4-5,8-12H2,(H,19,24)(H,20,22).